The van der Waals surface area contributed by atoms with Crippen molar-refractivity contribution in [3.63, 3.8) is 0 Å². The van der Waals surface area contributed by atoms with Crippen molar-refractivity contribution in [1.82, 2.24) is 10.2 Å². The van der Waals surface area contributed by atoms with Crippen LogP contribution >= 0.6 is 0 Å². The van der Waals surface area contributed by atoms with E-state index in [1.54, 1.807) is 12.0 Å². The minimum Gasteiger partial charge on any atom is -0.493 e. The van der Waals surface area contributed by atoms with Crippen molar-refractivity contribution in [2.45, 2.75) is 25.6 Å². The molecule has 0 aliphatic carbocycles. The van der Waals surface area contributed by atoms with E-state index in [1.165, 1.54) is 0 Å². The van der Waals surface area contributed by atoms with Gasteiger partial charge in [0.15, 0.2) is 11.5 Å². The van der Waals surface area contributed by atoms with Gasteiger partial charge in [0.1, 0.15) is 19.3 Å². The van der Waals surface area contributed by atoms with Crippen LogP contribution in [0.25, 0.3) is 0 Å². The minimum absolute atomic E-state index is 0.0371. The van der Waals surface area contributed by atoms with Gasteiger partial charge in [-0.25, -0.2) is 4.79 Å². The molecule has 1 aliphatic rings. The summed E-state index contributed by atoms with van der Waals surface area (Å²) >= 11 is 0. The van der Waals surface area contributed by atoms with Crippen molar-refractivity contribution in [2.24, 2.45) is 0 Å². The molecular weight excluding hydrogens is 412 g/mol. The summed E-state index contributed by atoms with van der Waals surface area (Å²) < 4.78 is 22.0. The maximum Gasteiger partial charge on any atom is 0.407 e. The van der Waals surface area contributed by atoms with Gasteiger partial charge in [-0.2, -0.15) is 0 Å². The molecule has 3 rings (SSSR count). The largest absolute Gasteiger partial charge is 0.493 e. The summed E-state index contributed by atoms with van der Waals surface area (Å²) in [5.74, 6) is 1.34. The number of hydrogen-bond donors (Lipinski definition) is 1. The van der Waals surface area contributed by atoms with Crippen molar-refractivity contribution >= 4 is 12.0 Å². The molecule has 1 unspecified atom stereocenters. The Morgan fingerprint density at radius 3 is 2.62 bits per heavy atom. The molecule has 1 aliphatic heterocycles. The van der Waals surface area contributed by atoms with E-state index in [2.05, 4.69) is 5.32 Å². The van der Waals surface area contributed by atoms with Gasteiger partial charge >= 0.3 is 6.09 Å². The van der Waals surface area contributed by atoms with E-state index in [-0.39, 0.29) is 18.6 Å². The molecule has 2 amide bonds. The van der Waals surface area contributed by atoms with Crippen molar-refractivity contribution < 1.29 is 28.5 Å². The normalized spacial score (nSPS) is 15.7. The standard InChI is InChI=1S/C24H30N2O6/c1-29-21-10-5-6-11-22(21)31-18-20-16-26(14-15-30-20)23(27)12-7-13-25-24(28)32-17-19-8-3-2-4-9-19/h2-6,8-11,20H,7,12-18H2,1H3,(H,25,28). The summed E-state index contributed by atoms with van der Waals surface area (Å²) in [6.07, 6.45) is 0.197. The number of ether oxygens (including phenoxy) is 4. The fourth-order valence-corrected chi connectivity index (χ4v) is 3.33. The maximum atomic E-state index is 12.5. The lowest BCUT2D eigenvalue weighted by atomic mass is 10.2. The van der Waals surface area contributed by atoms with E-state index in [0.29, 0.717) is 57.2 Å². The quantitative estimate of drug-likeness (QED) is 0.570. The van der Waals surface area contributed by atoms with Crippen molar-refractivity contribution in [2.75, 3.05) is 40.0 Å². The predicted octanol–water partition coefficient (Wildman–Crippen LogP) is 3.01. The molecule has 1 atom stereocenters. The van der Waals surface area contributed by atoms with E-state index in [1.807, 2.05) is 54.6 Å². The summed E-state index contributed by atoms with van der Waals surface area (Å²) in [6, 6.07) is 16.9. The number of rotatable bonds is 10. The van der Waals surface area contributed by atoms with E-state index in [9.17, 15) is 9.59 Å². The number of nitrogens with one attached hydrogen (secondary N) is 1. The van der Waals surface area contributed by atoms with Crippen LogP contribution in [0.2, 0.25) is 0 Å². The number of carbonyl (C=O) groups is 2. The molecule has 1 fully saturated rings. The van der Waals surface area contributed by atoms with Gasteiger partial charge < -0.3 is 29.2 Å². The van der Waals surface area contributed by atoms with Gasteiger partial charge in [0, 0.05) is 19.5 Å². The first-order chi connectivity index (χ1) is 15.7. The Bertz CT molecular complexity index is 861. The predicted molar refractivity (Wildman–Crippen MR) is 119 cm³/mol. The molecule has 172 valence electrons. The van der Waals surface area contributed by atoms with Crippen LogP contribution in [0.3, 0.4) is 0 Å². The number of para-hydroxylation sites is 2. The highest BCUT2D eigenvalue weighted by Crippen LogP contribution is 2.26. The fraction of sp³-hybridized carbons (Fsp3) is 0.417. The molecule has 2 aromatic rings. The number of amides is 2. The molecule has 8 nitrogen and oxygen atoms in total. The third-order valence-corrected chi connectivity index (χ3v) is 5.03. The van der Waals surface area contributed by atoms with Gasteiger partial charge in [0.25, 0.3) is 0 Å². The number of hydrogen-bond acceptors (Lipinski definition) is 6. The highest BCUT2D eigenvalue weighted by atomic mass is 16.6. The van der Waals surface area contributed by atoms with Crippen LogP contribution in [0.4, 0.5) is 4.79 Å². The Labute approximate surface area is 188 Å². The Morgan fingerprint density at radius 1 is 1.09 bits per heavy atom. The van der Waals surface area contributed by atoms with Crippen molar-refractivity contribution in [1.29, 1.82) is 0 Å². The lowest BCUT2D eigenvalue weighted by Crippen LogP contribution is -2.47. The van der Waals surface area contributed by atoms with Gasteiger partial charge in [-0.1, -0.05) is 42.5 Å². The average Bonchev–Trinajstić information content (AvgIpc) is 2.85. The van der Waals surface area contributed by atoms with E-state index in [4.69, 9.17) is 18.9 Å². The van der Waals surface area contributed by atoms with Crippen LogP contribution in [0.5, 0.6) is 11.5 Å². The molecule has 2 aromatic carbocycles. The second kappa shape index (κ2) is 12.6. The average molecular weight is 443 g/mol. The number of benzene rings is 2. The third-order valence-electron chi connectivity index (χ3n) is 5.03. The molecule has 0 bridgehead atoms. The molecule has 8 heteroatoms. The smallest absolute Gasteiger partial charge is 0.407 e. The highest BCUT2D eigenvalue weighted by Gasteiger charge is 2.24. The molecule has 0 radical (unpaired) electrons. The number of alkyl carbamates (subject to hydrolysis) is 1. The van der Waals surface area contributed by atoms with E-state index in [0.717, 1.165) is 5.56 Å². The van der Waals surface area contributed by atoms with Crippen LogP contribution in [0, 0.1) is 0 Å². The Morgan fingerprint density at radius 2 is 1.84 bits per heavy atom. The SMILES string of the molecule is COc1ccccc1OCC1CN(C(=O)CCCNC(=O)OCc2ccccc2)CCO1. The fourth-order valence-electron chi connectivity index (χ4n) is 3.33. The minimum atomic E-state index is -0.485. The Hall–Kier alpha value is -3.26. The molecule has 1 saturated heterocycles. The number of nitrogens with zero attached hydrogens (tertiary/aromatic N) is 1. The second-order valence-electron chi connectivity index (χ2n) is 7.39. The monoisotopic (exact) mass is 442 g/mol. The highest BCUT2D eigenvalue weighted by molar-refractivity contribution is 5.76. The van der Waals surface area contributed by atoms with Crippen LogP contribution in [-0.2, 0) is 20.9 Å². The molecular formula is C24H30N2O6. The number of methoxy groups -OCH3 is 1. The molecule has 32 heavy (non-hydrogen) atoms. The zero-order valence-corrected chi connectivity index (χ0v) is 18.3. The van der Waals surface area contributed by atoms with Gasteiger partial charge in [-0.3, -0.25) is 4.79 Å². The molecule has 0 aromatic heterocycles. The summed E-state index contributed by atoms with van der Waals surface area (Å²) in [5, 5.41) is 2.68. The lowest BCUT2D eigenvalue weighted by Gasteiger charge is -2.33. The van der Waals surface area contributed by atoms with Gasteiger partial charge in [-0.05, 0) is 24.1 Å². The Balaban J connectivity index is 1.32. The maximum absolute atomic E-state index is 12.5. The third kappa shape index (κ3) is 7.46. The molecule has 1 N–H and O–H groups in total. The summed E-state index contributed by atoms with van der Waals surface area (Å²) in [5.41, 5.74) is 0.925. The molecule has 0 spiro atoms. The molecule has 1 heterocycles. The first-order valence-corrected chi connectivity index (χ1v) is 10.8. The van der Waals surface area contributed by atoms with E-state index < -0.39 is 6.09 Å². The van der Waals surface area contributed by atoms with Gasteiger partial charge in [-0.15, -0.1) is 0 Å². The number of carbonyl (C=O) groups excluding carboxylic acids is 2. The summed E-state index contributed by atoms with van der Waals surface area (Å²) in [6.45, 7) is 2.42. The summed E-state index contributed by atoms with van der Waals surface area (Å²) in [7, 11) is 1.59. The van der Waals surface area contributed by atoms with Crippen LogP contribution in [0.15, 0.2) is 54.6 Å². The van der Waals surface area contributed by atoms with E-state index >= 15 is 0 Å². The first kappa shape index (κ1) is 23.4. The zero-order valence-electron chi connectivity index (χ0n) is 18.3. The zero-order chi connectivity index (χ0) is 22.6. The van der Waals surface area contributed by atoms with Gasteiger partial charge in [0.05, 0.1) is 20.3 Å². The second-order valence-corrected chi connectivity index (χ2v) is 7.39. The van der Waals surface area contributed by atoms with Crippen molar-refractivity contribution in [3.8, 4) is 11.5 Å². The molecule has 0 saturated carbocycles. The number of morpholine rings is 1. The Kier molecular flexibility index (Phi) is 9.19. The first-order valence-electron chi connectivity index (χ1n) is 10.8. The topological polar surface area (TPSA) is 86.3 Å². The van der Waals surface area contributed by atoms with Gasteiger partial charge in [0.2, 0.25) is 5.91 Å². The van der Waals surface area contributed by atoms with Crippen molar-refractivity contribution in [3.05, 3.63) is 60.2 Å². The lowest BCUT2D eigenvalue weighted by molar-refractivity contribution is -0.140. The van der Waals surface area contributed by atoms with Crippen LogP contribution in [-0.4, -0.2) is 63.0 Å². The van der Waals surface area contributed by atoms with Crippen LogP contribution < -0.4 is 14.8 Å². The summed E-state index contributed by atoms with van der Waals surface area (Å²) in [4.78, 5) is 26.1. The van der Waals surface area contributed by atoms with Crippen LogP contribution in [0.1, 0.15) is 18.4 Å².